The highest BCUT2D eigenvalue weighted by Gasteiger charge is 2.30. The number of sulfone groups is 1. The van der Waals surface area contributed by atoms with Crippen molar-refractivity contribution in [1.82, 2.24) is 5.32 Å². The van der Waals surface area contributed by atoms with Crippen molar-refractivity contribution in [2.24, 2.45) is 0 Å². The number of nitrogens with zero attached hydrogens (tertiary/aromatic N) is 1. The maximum absolute atomic E-state index is 13.6. The van der Waals surface area contributed by atoms with Crippen LogP contribution in [-0.4, -0.2) is 26.5 Å². The van der Waals surface area contributed by atoms with Gasteiger partial charge in [0.15, 0.2) is 9.84 Å². The first kappa shape index (κ1) is 27.0. The molecule has 4 aromatic carbocycles. The molecule has 4 aromatic rings. The van der Waals surface area contributed by atoms with Gasteiger partial charge < -0.3 is 5.32 Å². The number of hydrogen-bond donors (Lipinski definition) is 1. The Morgan fingerprint density at radius 3 is 2.46 bits per heavy atom. The summed E-state index contributed by atoms with van der Waals surface area (Å²) in [6, 6.07) is 28.6. The number of para-hydroxylation sites is 1. The second-order valence-electron chi connectivity index (χ2n) is 9.21. The molecule has 1 unspecified atom stereocenters. The molecule has 5 rings (SSSR count). The average molecular weight is 577 g/mol. The summed E-state index contributed by atoms with van der Waals surface area (Å²) in [5, 5.41) is 3.33. The average Bonchev–Trinajstić information content (AvgIpc) is 3.07. The summed E-state index contributed by atoms with van der Waals surface area (Å²) in [5.74, 6) is -0.347. The van der Waals surface area contributed by atoms with Crippen LogP contribution in [0.3, 0.4) is 0 Å². The van der Waals surface area contributed by atoms with Crippen LogP contribution in [0, 0.1) is 0 Å². The van der Waals surface area contributed by atoms with Crippen molar-refractivity contribution in [1.29, 1.82) is 0 Å². The van der Waals surface area contributed by atoms with Gasteiger partial charge in [0.05, 0.1) is 16.3 Å². The van der Waals surface area contributed by atoms with Crippen molar-refractivity contribution in [3.63, 3.8) is 0 Å². The van der Waals surface area contributed by atoms with E-state index < -0.39 is 9.84 Å². The molecule has 1 aliphatic heterocycles. The van der Waals surface area contributed by atoms with Gasteiger partial charge in [-0.3, -0.25) is 14.5 Å². The van der Waals surface area contributed by atoms with E-state index in [0.717, 1.165) is 22.3 Å². The van der Waals surface area contributed by atoms with Crippen molar-refractivity contribution in [2.45, 2.75) is 28.0 Å². The lowest BCUT2D eigenvalue weighted by molar-refractivity contribution is -0.117. The van der Waals surface area contributed by atoms with Gasteiger partial charge in [-0.2, -0.15) is 0 Å². The van der Waals surface area contributed by atoms with E-state index in [9.17, 15) is 18.0 Å². The molecule has 0 aromatic heterocycles. The molecular weight excluding hydrogens is 552 g/mol. The fraction of sp³-hybridized carbons (Fsp3) is 0.133. The van der Waals surface area contributed by atoms with E-state index in [0.29, 0.717) is 28.5 Å². The van der Waals surface area contributed by atoms with Crippen LogP contribution in [0.25, 0.3) is 0 Å². The van der Waals surface area contributed by atoms with Gasteiger partial charge in [0, 0.05) is 40.0 Å². The number of fused-ring (bicyclic) bond motifs is 1. The van der Waals surface area contributed by atoms with Crippen LogP contribution in [0.15, 0.2) is 107 Å². The van der Waals surface area contributed by atoms with Gasteiger partial charge in [-0.25, -0.2) is 8.42 Å². The Labute approximate surface area is 236 Å². The zero-order valence-corrected chi connectivity index (χ0v) is 23.4. The molecule has 198 valence electrons. The number of carbonyl (C=O) groups is 2. The summed E-state index contributed by atoms with van der Waals surface area (Å²) >= 11 is 7.60. The molecule has 0 fully saturated rings. The van der Waals surface area contributed by atoms with Gasteiger partial charge in [-0.15, -0.1) is 11.8 Å². The van der Waals surface area contributed by atoms with E-state index >= 15 is 0 Å². The van der Waals surface area contributed by atoms with Crippen molar-refractivity contribution >= 4 is 56.4 Å². The standard InChI is InChI=1S/C30H25ClN2O4S2/c1-39(36,37)25-9-5-8-24(17-25)33-26-10-2-3-11-27(26)38-28(18-29(33)34)21-12-14-22(15-13-21)30(35)32-19-20-6-4-7-23(31)16-20/h2-17,28H,18-19H2,1H3,(H,32,35). The van der Waals surface area contributed by atoms with Gasteiger partial charge in [-0.05, 0) is 65.7 Å². The summed E-state index contributed by atoms with van der Waals surface area (Å²) in [5.41, 5.74) is 3.55. The lowest BCUT2D eigenvalue weighted by atomic mass is 10.1. The largest absolute Gasteiger partial charge is 0.348 e. The summed E-state index contributed by atoms with van der Waals surface area (Å²) in [6.45, 7) is 0.362. The van der Waals surface area contributed by atoms with E-state index in [1.165, 1.54) is 12.1 Å². The number of nitrogens with one attached hydrogen (secondary N) is 1. The quantitative estimate of drug-likeness (QED) is 0.280. The SMILES string of the molecule is CS(=O)(=O)c1cccc(N2C(=O)CC(c3ccc(C(=O)NCc4cccc(Cl)c4)cc3)Sc3ccccc32)c1. The zero-order valence-electron chi connectivity index (χ0n) is 21.0. The predicted octanol–water partition coefficient (Wildman–Crippen LogP) is 6.58. The third kappa shape index (κ3) is 6.19. The summed E-state index contributed by atoms with van der Waals surface area (Å²) in [4.78, 5) is 29.0. The minimum absolute atomic E-state index is 0.147. The number of anilines is 2. The van der Waals surface area contributed by atoms with Crippen LogP contribution < -0.4 is 10.2 Å². The van der Waals surface area contributed by atoms with Crippen molar-refractivity contribution in [3.05, 3.63) is 119 Å². The van der Waals surface area contributed by atoms with Crippen molar-refractivity contribution in [3.8, 4) is 0 Å². The van der Waals surface area contributed by atoms with Crippen molar-refractivity contribution < 1.29 is 18.0 Å². The third-order valence-corrected chi connectivity index (χ3v) is 9.04. The number of rotatable bonds is 6. The lowest BCUT2D eigenvalue weighted by Crippen LogP contribution is -2.26. The lowest BCUT2D eigenvalue weighted by Gasteiger charge is -2.23. The molecule has 1 aliphatic rings. The van der Waals surface area contributed by atoms with Crippen LogP contribution in [0.1, 0.15) is 33.2 Å². The first-order valence-corrected chi connectivity index (χ1v) is 15.4. The number of amides is 2. The molecule has 1 N–H and O–H groups in total. The molecule has 2 amide bonds. The topological polar surface area (TPSA) is 83.6 Å². The van der Waals surface area contributed by atoms with Crippen LogP contribution >= 0.6 is 23.4 Å². The summed E-state index contributed by atoms with van der Waals surface area (Å²) in [7, 11) is -3.44. The molecule has 39 heavy (non-hydrogen) atoms. The molecule has 0 saturated carbocycles. The summed E-state index contributed by atoms with van der Waals surface area (Å²) < 4.78 is 24.3. The molecular formula is C30H25ClN2O4S2. The number of hydrogen-bond acceptors (Lipinski definition) is 5. The van der Waals surface area contributed by atoms with Crippen LogP contribution in [-0.2, 0) is 21.2 Å². The monoisotopic (exact) mass is 576 g/mol. The Balaban J connectivity index is 1.38. The Hall–Kier alpha value is -3.59. The number of thioether (sulfide) groups is 1. The number of carbonyl (C=O) groups excluding carboxylic acids is 2. The first-order chi connectivity index (χ1) is 18.7. The van der Waals surface area contributed by atoms with Crippen LogP contribution in [0.5, 0.6) is 0 Å². The van der Waals surface area contributed by atoms with Gasteiger partial charge in [0.25, 0.3) is 5.91 Å². The predicted molar refractivity (Wildman–Crippen MR) is 155 cm³/mol. The molecule has 0 aliphatic carbocycles. The van der Waals surface area contributed by atoms with Crippen molar-refractivity contribution in [2.75, 3.05) is 11.2 Å². The smallest absolute Gasteiger partial charge is 0.251 e. The van der Waals surface area contributed by atoms with E-state index in [1.54, 1.807) is 47.0 Å². The third-order valence-electron chi connectivity index (χ3n) is 6.38. The Morgan fingerprint density at radius 1 is 0.974 bits per heavy atom. The second kappa shape index (κ2) is 11.3. The molecule has 6 nitrogen and oxygen atoms in total. The van der Waals surface area contributed by atoms with E-state index in [1.807, 2.05) is 54.6 Å². The highest BCUT2D eigenvalue weighted by Crippen LogP contribution is 2.47. The van der Waals surface area contributed by atoms with E-state index in [4.69, 9.17) is 11.6 Å². The normalized spacial score (nSPS) is 15.4. The minimum Gasteiger partial charge on any atom is -0.348 e. The Morgan fingerprint density at radius 2 is 1.72 bits per heavy atom. The molecule has 0 spiro atoms. The highest BCUT2D eigenvalue weighted by atomic mass is 35.5. The fourth-order valence-electron chi connectivity index (χ4n) is 4.42. The van der Waals surface area contributed by atoms with E-state index in [-0.39, 0.29) is 28.4 Å². The van der Waals surface area contributed by atoms with Gasteiger partial charge >= 0.3 is 0 Å². The number of benzene rings is 4. The maximum Gasteiger partial charge on any atom is 0.251 e. The van der Waals surface area contributed by atoms with Gasteiger partial charge in [-0.1, -0.05) is 54.1 Å². The second-order valence-corrected chi connectivity index (χ2v) is 12.9. The Kier molecular flexibility index (Phi) is 7.79. The first-order valence-electron chi connectivity index (χ1n) is 12.2. The molecule has 1 heterocycles. The molecule has 9 heteroatoms. The molecule has 0 bridgehead atoms. The fourth-order valence-corrected chi connectivity index (χ4v) is 6.56. The molecule has 0 radical (unpaired) electrons. The van der Waals surface area contributed by atoms with Gasteiger partial charge in [0.2, 0.25) is 5.91 Å². The Bertz CT molecular complexity index is 1660. The molecule has 1 atom stereocenters. The van der Waals surface area contributed by atoms with Crippen LogP contribution in [0.2, 0.25) is 5.02 Å². The maximum atomic E-state index is 13.6. The highest BCUT2D eigenvalue weighted by molar-refractivity contribution is 7.99. The van der Waals surface area contributed by atoms with Gasteiger partial charge in [0.1, 0.15) is 0 Å². The molecule has 0 saturated heterocycles. The minimum atomic E-state index is -3.44. The summed E-state index contributed by atoms with van der Waals surface area (Å²) in [6.07, 6.45) is 1.35. The van der Waals surface area contributed by atoms with E-state index in [2.05, 4.69) is 5.32 Å². The number of halogens is 1. The van der Waals surface area contributed by atoms with Crippen LogP contribution in [0.4, 0.5) is 11.4 Å². The zero-order chi connectivity index (χ0) is 27.6.